The van der Waals surface area contributed by atoms with E-state index >= 15 is 0 Å². The van der Waals surface area contributed by atoms with Gasteiger partial charge in [-0.2, -0.15) is 0 Å². The molecular weight excluding hydrogens is 212 g/mol. The summed E-state index contributed by atoms with van der Waals surface area (Å²) in [7, 11) is 0. The molecule has 0 aliphatic heterocycles. The molecule has 0 aromatic heterocycles. The minimum absolute atomic E-state index is 0.180. The maximum Gasteiger partial charge on any atom is 0.0558 e. The molecule has 0 radical (unpaired) electrons. The van der Waals surface area contributed by atoms with Gasteiger partial charge in [0.2, 0.25) is 0 Å². The van der Waals surface area contributed by atoms with Crippen molar-refractivity contribution in [2.75, 3.05) is 26.2 Å². The van der Waals surface area contributed by atoms with Gasteiger partial charge in [-0.05, 0) is 24.1 Å². The quantitative estimate of drug-likeness (QED) is 0.664. The topological polar surface area (TPSA) is 49.5 Å². The van der Waals surface area contributed by atoms with E-state index in [2.05, 4.69) is 35.7 Å². The third-order valence-electron chi connectivity index (χ3n) is 2.67. The lowest BCUT2D eigenvalue weighted by Gasteiger charge is -2.19. The molecule has 94 valence electrons. The maximum absolute atomic E-state index is 8.97. The average molecular weight is 234 g/mol. The highest BCUT2D eigenvalue weighted by Crippen LogP contribution is 2.08. The van der Waals surface area contributed by atoms with Crippen LogP contribution in [0.4, 0.5) is 0 Å². The van der Waals surface area contributed by atoms with E-state index in [4.69, 9.17) is 10.8 Å². The molecule has 0 saturated carbocycles. The molecule has 0 aliphatic rings. The highest BCUT2D eigenvalue weighted by Gasteiger charge is 2.03. The second-order valence-corrected chi connectivity index (χ2v) is 4.10. The first-order chi connectivity index (χ1) is 8.30. The molecule has 0 fully saturated rings. The van der Waals surface area contributed by atoms with E-state index in [1.165, 1.54) is 11.1 Å². The van der Waals surface area contributed by atoms with Crippen molar-refractivity contribution in [1.29, 1.82) is 0 Å². The van der Waals surface area contributed by atoms with Crippen LogP contribution in [0, 0.1) is 0 Å². The maximum atomic E-state index is 8.97. The number of hydrogen-bond donors (Lipinski definition) is 2. The first kappa shape index (κ1) is 13.9. The van der Waals surface area contributed by atoms with Crippen molar-refractivity contribution >= 4 is 0 Å². The summed E-state index contributed by atoms with van der Waals surface area (Å²) in [5.74, 6) is 0. The third-order valence-corrected chi connectivity index (χ3v) is 2.67. The lowest BCUT2D eigenvalue weighted by molar-refractivity contribution is 0.203. The number of hydrogen-bond acceptors (Lipinski definition) is 3. The molecule has 1 aromatic rings. The molecule has 0 bridgehead atoms. The van der Waals surface area contributed by atoms with Crippen LogP contribution in [-0.4, -0.2) is 36.2 Å². The van der Waals surface area contributed by atoms with E-state index in [9.17, 15) is 0 Å². The van der Waals surface area contributed by atoms with Gasteiger partial charge in [-0.25, -0.2) is 0 Å². The molecule has 0 saturated heterocycles. The zero-order valence-corrected chi connectivity index (χ0v) is 10.3. The summed E-state index contributed by atoms with van der Waals surface area (Å²) in [5.41, 5.74) is 8.03. The van der Waals surface area contributed by atoms with Crippen molar-refractivity contribution in [3.8, 4) is 0 Å². The van der Waals surface area contributed by atoms with Crippen LogP contribution in [0.1, 0.15) is 11.1 Å². The number of aliphatic hydroxyl groups is 1. The molecule has 17 heavy (non-hydrogen) atoms. The molecule has 0 atom stereocenters. The minimum atomic E-state index is 0.180. The Morgan fingerprint density at radius 1 is 1.24 bits per heavy atom. The van der Waals surface area contributed by atoms with Gasteiger partial charge >= 0.3 is 0 Å². The minimum Gasteiger partial charge on any atom is -0.395 e. The number of aliphatic hydroxyl groups excluding tert-OH is 1. The third kappa shape index (κ3) is 5.13. The number of benzene rings is 1. The van der Waals surface area contributed by atoms with Crippen molar-refractivity contribution in [2.45, 2.75) is 13.0 Å². The Balaban J connectivity index is 2.56. The number of nitrogens with two attached hydrogens (primary N) is 1. The molecule has 0 heterocycles. The van der Waals surface area contributed by atoms with E-state index in [0.29, 0.717) is 13.1 Å². The molecule has 1 aromatic carbocycles. The molecule has 1 rings (SSSR count). The number of nitrogens with zero attached hydrogens (tertiary/aromatic N) is 1. The van der Waals surface area contributed by atoms with Crippen molar-refractivity contribution in [3.05, 3.63) is 48.0 Å². The Kier molecular flexibility index (Phi) is 6.55. The highest BCUT2D eigenvalue weighted by atomic mass is 16.3. The fourth-order valence-electron chi connectivity index (χ4n) is 1.80. The molecule has 0 unspecified atom stereocenters. The van der Waals surface area contributed by atoms with E-state index in [1.54, 1.807) is 0 Å². The predicted molar refractivity (Wildman–Crippen MR) is 71.8 cm³/mol. The molecule has 3 N–H and O–H groups in total. The summed E-state index contributed by atoms with van der Waals surface area (Å²) >= 11 is 0. The van der Waals surface area contributed by atoms with Crippen LogP contribution in [-0.2, 0) is 13.0 Å². The molecule has 3 heteroatoms. The van der Waals surface area contributed by atoms with Gasteiger partial charge in [0, 0.05) is 19.6 Å². The predicted octanol–water partition coefficient (Wildman–Crippen LogP) is 1.17. The van der Waals surface area contributed by atoms with Gasteiger partial charge < -0.3 is 10.8 Å². The molecular formula is C14H22N2O. The summed E-state index contributed by atoms with van der Waals surface area (Å²) in [6.45, 7) is 6.91. The summed E-state index contributed by atoms with van der Waals surface area (Å²) in [6, 6.07) is 8.48. The van der Waals surface area contributed by atoms with Crippen LogP contribution in [0.3, 0.4) is 0 Å². The Morgan fingerprint density at radius 2 is 1.88 bits per heavy atom. The van der Waals surface area contributed by atoms with Crippen LogP contribution in [0.2, 0.25) is 0 Å². The van der Waals surface area contributed by atoms with Crippen LogP contribution < -0.4 is 5.73 Å². The van der Waals surface area contributed by atoms with Crippen LogP contribution in [0.5, 0.6) is 0 Å². The van der Waals surface area contributed by atoms with Gasteiger partial charge in [-0.1, -0.05) is 30.3 Å². The highest BCUT2D eigenvalue weighted by molar-refractivity contribution is 5.22. The Morgan fingerprint density at radius 3 is 2.41 bits per heavy atom. The van der Waals surface area contributed by atoms with Crippen LogP contribution >= 0.6 is 0 Å². The summed E-state index contributed by atoms with van der Waals surface area (Å²) in [6.07, 6.45) is 2.78. The fourth-order valence-corrected chi connectivity index (χ4v) is 1.80. The monoisotopic (exact) mass is 234 g/mol. The van der Waals surface area contributed by atoms with Crippen molar-refractivity contribution < 1.29 is 5.11 Å². The van der Waals surface area contributed by atoms with Crippen LogP contribution in [0.15, 0.2) is 36.9 Å². The molecule has 0 aliphatic carbocycles. The standard InChI is InChI=1S/C14H22N2O/c1-2-9-16(10-11-17)12-14-5-3-13(4-6-14)7-8-15/h2-6,17H,1,7-12,15H2. The van der Waals surface area contributed by atoms with Crippen molar-refractivity contribution in [2.24, 2.45) is 5.73 Å². The van der Waals surface area contributed by atoms with E-state index in [1.807, 2.05) is 6.08 Å². The first-order valence-corrected chi connectivity index (χ1v) is 6.02. The Labute approximate surface area is 104 Å². The smallest absolute Gasteiger partial charge is 0.0558 e. The molecule has 0 spiro atoms. The second-order valence-electron chi connectivity index (χ2n) is 4.10. The van der Waals surface area contributed by atoms with E-state index in [0.717, 1.165) is 19.5 Å². The van der Waals surface area contributed by atoms with Crippen LogP contribution in [0.25, 0.3) is 0 Å². The summed E-state index contributed by atoms with van der Waals surface area (Å²) < 4.78 is 0. The molecule has 3 nitrogen and oxygen atoms in total. The fraction of sp³-hybridized carbons (Fsp3) is 0.429. The first-order valence-electron chi connectivity index (χ1n) is 6.02. The summed E-state index contributed by atoms with van der Waals surface area (Å²) in [5, 5.41) is 8.97. The zero-order valence-electron chi connectivity index (χ0n) is 10.3. The second kappa shape index (κ2) is 8.01. The number of rotatable bonds is 8. The largest absolute Gasteiger partial charge is 0.395 e. The lowest BCUT2D eigenvalue weighted by atomic mass is 10.1. The van der Waals surface area contributed by atoms with E-state index < -0.39 is 0 Å². The Hall–Kier alpha value is -1.16. The van der Waals surface area contributed by atoms with E-state index in [-0.39, 0.29) is 6.61 Å². The van der Waals surface area contributed by atoms with Gasteiger partial charge in [0.1, 0.15) is 0 Å². The van der Waals surface area contributed by atoms with Gasteiger partial charge in [0.05, 0.1) is 6.61 Å². The average Bonchev–Trinajstić information content (AvgIpc) is 2.33. The summed E-state index contributed by atoms with van der Waals surface area (Å²) in [4.78, 5) is 2.16. The Bertz CT molecular complexity index is 321. The van der Waals surface area contributed by atoms with Gasteiger partial charge in [-0.3, -0.25) is 4.90 Å². The SMILES string of the molecule is C=CCN(CCO)Cc1ccc(CCN)cc1. The van der Waals surface area contributed by atoms with Gasteiger partial charge in [-0.15, -0.1) is 6.58 Å². The lowest BCUT2D eigenvalue weighted by Crippen LogP contribution is -2.26. The van der Waals surface area contributed by atoms with Crippen molar-refractivity contribution in [1.82, 2.24) is 4.90 Å². The molecule has 0 amide bonds. The van der Waals surface area contributed by atoms with Crippen molar-refractivity contribution in [3.63, 3.8) is 0 Å². The normalized spacial score (nSPS) is 10.8. The van der Waals surface area contributed by atoms with Gasteiger partial charge in [0.15, 0.2) is 0 Å². The van der Waals surface area contributed by atoms with Gasteiger partial charge in [0.25, 0.3) is 0 Å². The zero-order chi connectivity index (χ0) is 12.5.